The maximum atomic E-state index is 4.46. The monoisotopic (exact) mass is 201 g/mol. The van der Waals surface area contributed by atoms with E-state index in [0.717, 1.165) is 6.54 Å². The van der Waals surface area contributed by atoms with Crippen molar-refractivity contribution in [3.63, 3.8) is 0 Å². The Kier molecular flexibility index (Phi) is 2.95. The van der Waals surface area contributed by atoms with Gasteiger partial charge in [0.15, 0.2) is 6.54 Å². The van der Waals surface area contributed by atoms with Gasteiger partial charge in [0.1, 0.15) is 6.20 Å². The van der Waals surface area contributed by atoms with Gasteiger partial charge < -0.3 is 0 Å². The SMILES string of the molecule is CCCC[n+]1ncc2ccccc2c1C. The third-order valence-corrected chi connectivity index (χ3v) is 2.80. The number of hydrogen-bond acceptors (Lipinski definition) is 1. The lowest BCUT2D eigenvalue weighted by molar-refractivity contribution is -0.758. The summed E-state index contributed by atoms with van der Waals surface area (Å²) in [6, 6.07) is 8.41. The zero-order chi connectivity index (χ0) is 10.7. The number of unbranched alkanes of at least 4 members (excludes halogenated alkanes) is 1. The summed E-state index contributed by atoms with van der Waals surface area (Å²) in [6.07, 6.45) is 4.36. The fraction of sp³-hybridized carbons (Fsp3) is 0.385. The predicted octanol–water partition coefficient (Wildman–Crippen LogP) is 2.63. The molecule has 0 aliphatic carbocycles. The topological polar surface area (TPSA) is 16.8 Å². The van der Waals surface area contributed by atoms with Gasteiger partial charge >= 0.3 is 0 Å². The van der Waals surface area contributed by atoms with Gasteiger partial charge in [0.2, 0.25) is 5.69 Å². The van der Waals surface area contributed by atoms with E-state index in [0.29, 0.717) is 0 Å². The quantitative estimate of drug-likeness (QED) is 0.697. The summed E-state index contributed by atoms with van der Waals surface area (Å²) < 4.78 is 2.10. The molecule has 78 valence electrons. The van der Waals surface area contributed by atoms with Gasteiger partial charge in [-0.05, 0) is 11.2 Å². The van der Waals surface area contributed by atoms with E-state index in [9.17, 15) is 0 Å². The minimum absolute atomic E-state index is 1.02. The van der Waals surface area contributed by atoms with E-state index >= 15 is 0 Å². The van der Waals surface area contributed by atoms with Crippen molar-refractivity contribution in [3.8, 4) is 0 Å². The molecule has 2 aromatic rings. The normalized spacial score (nSPS) is 10.8. The second-order valence-electron chi connectivity index (χ2n) is 3.89. The largest absolute Gasteiger partial charge is 0.213 e. The van der Waals surface area contributed by atoms with E-state index in [1.165, 1.54) is 29.3 Å². The van der Waals surface area contributed by atoms with Crippen LogP contribution in [-0.4, -0.2) is 5.10 Å². The van der Waals surface area contributed by atoms with Crippen LogP contribution in [0.15, 0.2) is 30.5 Å². The molecule has 0 unspecified atom stereocenters. The molecule has 0 N–H and O–H groups in total. The number of rotatable bonds is 3. The van der Waals surface area contributed by atoms with E-state index in [1.54, 1.807) is 0 Å². The summed E-state index contributed by atoms with van der Waals surface area (Å²) in [5.74, 6) is 0. The van der Waals surface area contributed by atoms with Crippen LogP contribution in [0.2, 0.25) is 0 Å². The Morgan fingerprint density at radius 2 is 2.07 bits per heavy atom. The summed E-state index contributed by atoms with van der Waals surface area (Å²) in [4.78, 5) is 0. The second-order valence-corrected chi connectivity index (χ2v) is 3.89. The molecule has 0 amide bonds. The van der Waals surface area contributed by atoms with Gasteiger partial charge in [-0.25, -0.2) is 0 Å². The van der Waals surface area contributed by atoms with Crippen LogP contribution < -0.4 is 4.68 Å². The third kappa shape index (κ3) is 1.99. The molecule has 0 radical (unpaired) electrons. The summed E-state index contributed by atoms with van der Waals surface area (Å²) in [5.41, 5.74) is 1.27. The lowest BCUT2D eigenvalue weighted by Crippen LogP contribution is -2.41. The summed E-state index contributed by atoms with van der Waals surface area (Å²) >= 11 is 0. The number of hydrogen-bond donors (Lipinski definition) is 0. The number of nitrogens with zero attached hydrogens (tertiary/aromatic N) is 2. The first kappa shape index (κ1) is 10.1. The van der Waals surface area contributed by atoms with Gasteiger partial charge in [-0.1, -0.05) is 36.2 Å². The molecule has 2 rings (SSSR count). The third-order valence-electron chi connectivity index (χ3n) is 2.80. The average Bonchev–Trinajstić information content (AvgIpc) is 2.29. The summed E-state index contributed by atoms with van der Waals surface area (Å²) in [7, 11) is 0. The van der Waals surface area contributed by atoms with Crippen molar-refractivity contribution < 1.29 is 4.68 Å². The molecule has 0 aliphatic heterocycles. The fourth-order valence-electron chi connectivity index (χ4n) is 1.83. The second kappa shape index (κ2) is 4.39. The molecule has 2 nitrogen and oxygen atoms in total. The van der Waals surface area contributed by atoms with E-state index in [4.69, 9.17) is 0 Å². The summed E-state index contributed by atoms with van der Waals surface area (Å²) in [5, 5.41) is 6.99. The van der Waals surface area contributed by atoms with Crippen LogP contribution in [0, 0.1) is 6.92 Å². The maximum absolute atomic E-state index is 4.46. The highest BCUT2D eigenvalue weighted by molar-refractivity contribution is 5.82. The predicted molar refractivity (Wildman–Crippen MR) is 61.6 cm³/mol. The molecule has 0 atom stereocenters. The van der Waals surface area contributed by atoms with Gasteiger partial charge in [0.05, 0.1) is 5.39 Å². The average molecular weight is 201 g/mol. The Morgan fingerprint density at radius 3 is 2.87 bits per heavy atom. The number of fused-ring (bicyclic) bond motifs is 1. The molecule has 1 aromatic heterocycles. The van der Waals surface area contributed by atoms with Crippen molar-refractivity contribution in [3.05, 3.63) is 36.2 Å². The Bertz CT molecular complexity index is 463. The number of aromatic nitrogens is 2. The zero-order valence-corrected chi connectivity index (χ0v) is 9.40. The first-order valence-electron chi connectivity index (χ1n) is 5.57. The first-order valence-corrected chi connectivity index (χ1v) is 5.57. The van der Waals surface area contributed by atoms with Crippen LogP contribution >= 0.6 is 0 Å². The smallest absolute Gasteiger partial charge is 0.0881 e. The summed E-state index contributed by atoms with van der Waals surface area (Å²) in [6.45, 7) is 5.37. The molecule has 1 aromatic carbocycles. The van der Waals surface area contributed by atoms with Crippen LogP contribution in [0.4, 0.5) is 0 Å². The van der Waals surface area contributed by atoms with Gasteiger partial charge in [0, 0.05) is 18.7 Å². The minimum atomic E-state index is 1.02. The number of aryl methyl sites for hydroxylation is 2. The van der Waals surface area contributed by atoms with Gasteiger partial charge in [0.25, 0.3) is 0 Å². The lowest BCUT2D eigenvalue weighted by atomic mass is 10.1. The van der Waals surface area contributed by atoms with Gasteiger partial charge in [-0.15, -0.1) is 0 Å². The molecule has 0 bridgehead atoms. The van der Waals surface area contributed by atoms with Crippen molar-refractivity contribution in [1.82, 2.24) is 5.10 Å². The van der Waals surface area contributed by atoms with Crippen molar-refractivity contribution in [2.24, 2.45) is 0 Å². The highest BCUT2D eigenvalue weighted by Gasteiger charge is 2.10. The molecule has 15 heavy (non-hydrogen) atoms. The van der Waals surface area contributed by atoms with Crippen molar-refractivity contribution in [2.45, 2.75) is 33.2 Å². The Balaban J connectivity index is 2.45. The highest BCUT2D eigenvalue weighted by Crippen LogP contribution is 2.13. The maximum Gasteiger partial charge on any atom is 0.213 e. The van der Waals surface area contributed by atoms with Crippen LogP contribution in [0.5, 0.6) is 0 Å². The molecular formula is C13H17N2+. The van der Waals surface area contributed by atoms with Crippen molar-refractivity contribution >= 4 is 10.8 Å². The van der Waals surface area contributed by atoms with Gasteiger partial charge in [-0.3, -0.25) is 0 Å². The Morgan fingerprint density at radius 1 is 1.27 bits per heavy atom. The van der Waals surface area contributed by atoms with Crippen LogP contribution in [-0.2, 0) is 6.54 Å². The van der Waals surface area contributed by atoms with E-state index in [1.807, 2.05) is 6.20 Å². The standard InChI is InChI=1S/C13H17N2/c1-3-4-9-15-11(2)13-8-6-5-7-12(13)10-14-15/h5-8,10H,3-4,9H2,1-2H3/q+1. The Labute approximate surface area is 90.6 Å². The molecule has 0 saturated carbocycles. The first-order chi connectivity index (χ1) is 7.33. The van der Waals surface area contributed by atoms with E-state index in [-0.39, 0.29) is 0 Å². The van der Waals surface area contributed by atoms with Crippen LogP contribution in [0.3, 0.4) is 0 Å². The van der Waals surface area contributed by atoms with Crippen molar-refractivity contribution in [1.29, 1.82) is 0 Å². The lowest BCUT2D eigenvalue weighted by Gasteiger charge is -2.00. The van der Waals surface area contributed by atoms with Gasteiger partial charge in [-0.2, -0.15) is 0 Å². The molecule has 2 heteroatoms. The molecule has 0 saturated heterocycles. The molecule has 0 aliphatic rings. The number of benzene rings is 1. The molecular weight excluding hydrogens is 184 g/mol. The zero-order valence-electron chi connectivity index (χ0n) is 9.40. The van der Waals surface area contributed by atoms with E-state index in [2.05, 4.69) is 47.9 Å². The van der Waals surface area contributed by atoms with Crippen LogP contribution in [0.1, 0.15) is 25.5 Å². The fourth-order valence-corrected chi connectivity index (χ4v) is 1.83. The van der Waals surface area contributed by atoms with Crippen LogP contribution in [0.25, 0.3) is 10.8 Å². The molecule has 0 spiro atoms. The minimum Gasteiger partial charge on any atom is -0.0881 e. The Hall–Kier alpha value is -1.44. The van der Waals surface area contributed by atoms with Crippen molar-refractivity contribution in [2.75, 3.05) is 0 Å². The van der Waals surface area contributed by atoms with E-state index < -0.39 is 0 Å². The molecule has 0 fully saturated rings. The molecule has 1 heterocycles. The highest BCUT2D eigenvalue weighted by atomic mass is 15.3.